The minimum Gasteiger partial charge on any atom is -0.508 e. The van der Waals surface area contributed by atoms with Crippen LogP contribution in [0.1, 0.15) is 24.8 Å². The van der Waals surface area contributed by atoms with E-state index >= 15 is 0 Å². The summed E-state index contributed by atoms with van der Waals surface area (Å²) in [6.07, 6.45) is 0.0868. The van der Waals surface area contributed by atoms with Gasteiger partial charge in [0.25, 0.3) is 0 Å². The summed E-state index contributed by atoms with van der Waals surface area (Å²) in [6.45, 7) is 1.82. The van der Waals surface area contributed by atoms with E-state index in [1.165, 1.54) is 0 Å². The summed E-state index contributed by atoms with van der Waals surface area (Å²) in [6, 6.07) is 6.68. The van der Waals surface area contributed by atoms with Gasteiger partial charge in [0.15, 0.2) is 0 Å². The van der Waals surface area contributed by atoms with Crippen molar-refractivity contribution in [3.05, 3.63) is 29.8 Å². The molecule has 0 amide bonds. The predicted octanol–water partition coefficient (Wildman–Crippen LogP) is 1.97. The van der Waals surface area contributed by atoms with Crippen LogP contribution in [0.25, 0.3) is 0 Å². The zero-order valence-electron chi connectivity index (χ0n) is 7.40. The number of carbonyl (C=O) groups is 1. The number of phenols is 1. The quantitative estimate of drug-likeness (QED) is 0.747. The lowest BCUT2D eigenvalue weighted by Crippen LogP contribution is -2.02. The van der Waals surface area contributed by atoms with Crippen molar-refractivity contribution >= 4 is 5.97 Å². The molecule has 3 heteroatoms. The summed E-state index contributed by atoms with van der Waals surface area (Å²) >= 11 is 0. The Balaban J connectivity index is 2.76. The Bertz CT molecular complexity index is 307. The molecule has 2 N–H and O–H groups in total. The molecule has 0 saturated heterocycles. The number of rotatable bonds is 3. The molecule has 0 bridgehead atoms. The molecule has 0 aliphatic rings. The topological polar surface area (TPSA) is 57.5 Å². The molecular weight excluding hydrogens is 168 g/mol. The second kappa shape index (κ2) is 3.94. The lowest BCUT2D eigenvalue weighted by Gasteiger charge is -2.08. The van der Waals surface area contributed by atoms with E-state index in [0.29, 0.717) is 0 Å². The van der Waals surface area contributed by atoms with Crippen molar-refractivity contribution < 1.29 is 15.0 Å². The van der Waals surface area contributed by atoms with Crippen LogP contribution in [0.15, 0.2) is 24.3 Å². The second-order valence-electron chi connectivity index (χ2n) is 3.09. The maximum absolute atomic E-state index is 10.4. The summed E-state index contributed by atoms with van der Waals surface area (Å²) < 4.78 is 0. The summed E-state index contributed by atoms with van der Waals surface area (Å²) in [5, 5.41) is 17.7. The van der Waals surface area contributed by atoms with Gasteiger partial charge in [-0.3, -0.25) is 4.79 Å². The predicted molar refractivity (Wildman–Crippen MR) is 48.8 cm³/mol. The first-order valence-corrected chi connectivity index (χ1v) is 4.10. The highest BCUT2D eigenvalue weighted by atomic mass is 16.4. The molecule has 0 aliphatic carbocycles. The van der Waals surface area contributed by atoms with Gasteiger partial charge < -0.3 is 10.2 Å². The van der Waals surface area contributed by atoms with Crippen molar-refractivity contribution in [2.45, 2.75) is 19.3 Å². The van der Waals surface area contributed by atoms with Gasteiger partial charge in [-0.05, 0) is 23.6 Å². The van der Waals surface area contributed by atoms with Crippen LogP contribution in [0.4, 0.5) is 0 Å². The number of benzene rings is 1. The monoisotopic (exact) mass is 180 g/mol. The number of carboxylic acid groups (broad SMARTS) is 1. The minimum absolute atomic E-state index is 0.0652. The standard InChI is InChI=1S/C10H12O3/c1-7(5-10(12)13)8-3-2-4-9(11)6-8/h2-4,6-7,11H,5H2,1H3,(H,12,13). The lowest BCUT2D eigenvalue weighted by molar-refractivity contribution is -0.137. The molecule has 13 heavy (non-hydrogen) atoms. The smallest absolute Gasteiger partial charge is 0.303 e. The van der Waals surface area contributed by atoms with Crippen LogP contribution in [-0.4, -0.2) is 16.2 Å². The normalized spacial score (nSPS) is 12.4. The van der Waals surface area contributed by atoms with Gasteiger partial charge in [0.1, 0.15) is 5.75 Å². The van der Waals surface area contributed by atoms with Crippen LogP contribution in [0.5, 0.6) is 5.75 Å². The Labute approximate surface area is 76.6 Å². The summed E-state index contributed by atoms with van der Waals surface area (Å²) in [5.41, 5.74) is 0.849. The van der Waals surface area contributed by atoms with Gasteiger partial charge in [-0.2, -0.15) is 0 Å². The average molecular weight is 180 g/mol. The van der Waals surface area contributed by atoms with E-state index in [1.54, 1.807) is 18.2 Å². The molecule has 1 atom stereocenters. The van der Waals surface area contributed by atoms with Crippen LogP contribution >= 0.6 is 0 Å². The van der Waals surface area contributed by atoms with Crippen molar-refractivity contribution in [2.75, 3.05) is 0 Å². The largest absolute Gasteiger partial charge is 0.508 e. The summed E-state index contributed by atoms with van der Waals surface area (Å²) in [7, 11) is 0. The third-order valence-corrected chi connectivity index (χ3v) is 1.92. The Hall–Kier alpha value is -1.51. The number of aromatic hydroxyl groups is 1. The van der Waals surface area contributed by atoms with Gasteiger partial charge in [-0.15, -0.1) is 0 Å². The van der Waals surface area contributed by atoms with Crippen molar-refractivity contribution in [3.63, 3.8) is 0 Å². The van der Waals surface area contributed by atoms with Gasteiger partial charge >= 0.3 is 5.97 Å². The molecule has 0 fully saturated rings. The molecular formula is C10H12O3. The number of carboxylic acids is 1. The van der Waals surface area contributed by atoms with E-state index in [-0.39, 0.29) is 18.1 Å². The molecule has 3 nitrogen and oxygen atoms in total. The minimum atomic E-state index is -0.823. The zero-order chi connectivity index (χ0) is 9.84. The van der Waals surface area contributed by atoms with Crippen molar-refractivity contribution in [2.24, 2.45) is 0 Å². The van der Waals surface area contributed by atoms with E-state index in [2.05, 4.69) is 0 Å². The molecule has 70 valence electrons. The SMILES string of the molecule is CC(CC(=O)O)c1cccc(O)c1. The molecule has 0 saturated carbocycles. The Kier molecular flexibility index (Phi) is 2.90. The van der Waals surface area contributed by atoms with Crippen LogP contribution in [0.2, 0.25) is 0 Å². The van der Waals surface area contributed by atoms with Crippen LogP contribution in [-0.2, 0) is 4.79 Å². The highest BCUT2D eigenvalue weighted by Crippen LogP contribution is 2.22. The maximum Gasteiger partial charge on any atom is 0.303 e. The Morgan fingerprint density at radius 1 is 1.54 bits per heavy atom. The fourth-order valence-electron chi connectivity index (χ4n) is 1.21. The fourth-order valence-corrected chi connectivity index (χ4v) is 1.21. The van der Waals surface area contributed by atoms with E-state index in [0.717, 1.165) is 5.56 Å². The number of aliphatic carboxylic acids is 1. The third-order valence-electron chi connectivity index (χ3n) is 1.92. The fraction of sp³-hybridized carbons (Fsp3) is 0.300. The number of hydrogen-bond acceptors (Lipinski definition) is 2. The van der Waals surface area contributed by atoms with Gasteiger partial charge in [0, 0.05) is 0 Å². The first kappa shape index (κ1) is 9.58. The first-order valence-electron chi connectivity index (χ1n) is 4.10. The number of hydrogen-bond donors (Lipinski definition) is 2. The summed E-state index contributed by atoms with van der Waals surface area (Å²) in [5.74, 6) is -0.713. The highest BCUT2D eigenvalue weighted by Gasteiger charge is 2.09. The molecule has 1 unspecified atom stereocenters. The van der Waals surface area contributed by atoms with E-state index in [1.807, 2.05) is 13.0 Å². The first-order chi connectivity index (χ1) is 6.09. The molecule has 0 aromatic heterocycles. The van der Waals surface area contributed by atoms with Crippen LogP contribution < -0.4 is 0 Å². The van der Waals surface area contributed by atoms with Crippen molar-refractivity contribution in [1.29, 1.82) is 0 Å². The summed E-state index contributed by atoms with van der Waals surface area (Å²) in [4.78, 5) is 10.4. The van der Waals surface area contributed by atoms with Crippen molar-refractivity contribution in [1.82, 2.24) is 0 Å². The Morgan fingerprint density at radius 3 is 2.77 bits per heavy atom. The van der Waals surface area contributed by atoms with Crippen molar-refractivity contribution in [3.8, 4) is 5.75 Å². The molecule has 1 aromatic carbocycles. The highest BCUT2D eigenvalue weighted by molar-refractivity contribution is 5.68. The molecule has 0 heterocycles. The van der Waals surface area contributed by atoms with E-state index in [4.69, 9.17) is 10.2 Å². The van der Waals surface area contributed by atoms with Gasteiger partial charge in [-0.1, -0.05) is 19.1 Å². The van der Waals surface area contributed by atoms with Crippen LogP contribution in [0.3, 0.4) is 0 Å². The average Bonchev–Trinajstić information content (AvgIpc) is 2.03. The van der Waals surface area contributed by atoms with E-state index in [9.17, 15) is 4.79 Å². The number of phenolic OH excluding ortho intramolecular Hbond substituents is 1. The van der Waals surface area contributed by atoms with Gasteiger partial charge in [0.05, 0.1) is 6.42 Å². The third kappa shape index (κ3) is 2.78. The van der Waals surface area contributed by atoms with Crippen LogP contribution in [0, 0.1) is 0 Å². The molecule has 0 spiro atoms. The molecule has 1 rings (SSSR count). The zero-order valence-corrected chi connectivity index (χ0v) is 7.40. The molecule has 0 radical (unpaired) electrons. The Morgan fingerprint density at radius 2 is 2.23 bits per heavy atom. The van der Waals surface area contributed by atoms with E-state index < -0.39 is 5.97 Å². The second-order valence-corrected chi connectivity index (χ2v) is 3.09. The maximum atomic E-state index is 10.4. The lowest BCUT2D eigenvalue weighted by atomic mass is 9.98. The molecule has 0 aliphatic heterocycles. The van der Waals surface area contributed by atoms with Gasteiger partial charge in [-0.25, -0.2) is 0 Å². The molecule has 1 aromatic rings. The van der Waals surface area contributed by atoms with Gasteiger partial charge in [0.2, 0.25) is 0 Å².